The Hall–Kier alpha value is -3.05. The van der Waals surface area contributed by atoms with Gasteiger partial charge in [-0.3, -0.25) is 4.90 Å². The molecule has 142 valence electrons. The number of nitrogens with one attached hydrogen (secondary N) is 1. The van der Waals surface area contributed by atoms with Gasteiger partial charge in [-0.05, 0) is 42.3 Å². The summed E-state index contributed by atoms with van der Waals surface area (Å²) >= 11 is 6.18. The predicted molar refractivity (Wildman–Crippen MR) is 114 cm³/mol. The Morgan fingerprint density at radius 3 is 2.71 bits per heavy atom. The van der Waals surface area contributed by atoms with Crippen LogP contribution in [0.5, 0.6) is 0 Å². The molecular weight excluding hydrogens is 372 g/mol. The summed E-state index contributed by atoms with van der Waals surface area (Å²) in [6, 6.07) is 19.4. The van der Waals surface area contributed by atoms with Crippen LogP contribution in [0.1, 0.15) is 11.1 Å². The van der Waals surface area contributed by atoms with Crippen LogP contribution in [0.25, 0.3) is 0 Å². The highest BCUT2D eigenvalue weighted by molar-refractivity contribution is 6.31. The Labute approximate surface area is 169 Å². The number of benzene rings is 2. The molecule has 0 aliphatic carbocycles. The Morgan fingerprint density at radius 1 is 1.11 bits per heavy atom. The van der Waals surface area contributed by atoms with Gasteiger partial charge in [0.1, 0.15) is 0 Å². The van der Waals surface area contributed by atoms with E-state index in [0.717, 1.165) is 23.6 Å². The van der Waals surface area contributed by atoms with Gasteiger partial charge in [0, 0.05) is 36.5 Å². The number of anilines is 3. The van der Waals surface area contributed by atoms with Crippen molar-refractivity contribution in [2.75, 3.05) is 28.2 Å². The number of carbonyl (C=O) groups excluding carboxylic acids is 1. The molecule has 0 radical (unpaired) electrons. The Bertz CT molecular complexity index is 993. The number of halogens is 1. The highest BCUT2D eigenvalue weighted by Gasteiger charge is 2.27. The van der Waals surface area contributed by atoms with Gasteiger partial charge in [0.2, 0.25) is 0 Å². The highest BCUT2D eigenvalue weighted by Crippen LogP contribution is 2.32. The maximum Gasteiger partial charge on any atom is 0.326 e. The molecule has 2 aromatic carbocycles. The molecule has 0 bridgehead atoms. The van der Waals surface area contributed by atoms with Crippen molar-refractivity contribution in [3.8, 4) is 0 Å². The van der Waals surface area contributed by atoms with E-state index < -0.39 is 0 Å². The average molecular weight is 393 g/mol. The molecule has 0 atom stereocenters. The minimum absolute atomic E-state index is 0.187. The molecular formula is C22H21ClN4O. The molecule has 0 saturated heterocycles. The van der Waals surface area contributed by atoms with E-state index in [-0.39, 0.29) is 6.03 Å². The number of hydrogen-bond donors (Lipinski definition) is 1. The fraction of sp³-hybridized carbons (Fsp3) is 0.182. The van der Waals surface area contributed by atoms with Crippen molar-refractivity contribution < 1.29 is 4.79 Å². The summed E-state index contributed by atoms with van der Waals surface area (Å²) in [4.78, 5) is 21.4. The topological polar surface area (TPSA) is 48.5 Å². The van der Waals surface area contributed by atoms with E-state index in [4.69, 9.17) is 11.6 Å². The van der Waals surface area contributed by atoms with Gasteiger partial charge in [0.05, 0.1) is 5.69 Å². The number of urea groups is 1. The third-order valence-corrected chi connectivity index (χ3v) is 5.24. The summed E-state index contributed by atoms with van der Waals surface area (Å²) in [5.41, 5.74) is 3.67. The number of rotatable bonds is 3. The number of amides is 2. The maximum atomic E-state index is 12.9. The molecule has 0 spiro atoms. The SMILES string of the molecule is Cc1ccc(NC(=O)N2CCN(Cc3ccccc3)c3ncccc32)cc1Cl. The zero-order chi connectivity index (χ0) is 19.5. The third kappa shape index (κ3) is 3.80. The number of nitrogens with zero attached hydrogens (tertiary/aromatic N) is 3. The molecule has 1 aromatic heterocycles. The first-order valence-electron chi connectivity index (χ1n) is 9.20. The molecule has 5 nitrogen and oxygen atoms in total. The molecule has 6 heteroatoms. The molecule has 3 aromatic rings. The molecule has 28 heavy (non-hydrogen) atoms. The van der Waals surface area contributed by atoms with E-state index in [1.165, 1.54) is 5.56 Å². The lowest BCUT2D eigenvalue weighted by Crippen LogP contribution is -2.46. The first-order chi connectivity index (χ1) is 13.6. The summed E-state index contributed by atoms with van der Waals surface area (Å²) in [6.45, 7) is 3.98. The van der Waals surface area contributed by atoms with E-state index in [1.54, 1.807) is 17.2 Å². The summed E-state index contributed by atoms with van der Waals surface area (Å²) in [5, 5.41) is 3.57. The second-order valence-electron chi connectivity index (χ2n) is 6.80. The molecule has 2 amide bonds. The van der Waals surface area contributed by atoms with Crippen LogP contribution in [0.4, 0.5) is 22.0 Å². The van der Waals surface area contributed by atoms with Crippen LogP contribution >= 0.6 is 11.6 Å². The molecule has 2 heterocycles. The number of aromatic nitrogens is 1. The van der Waals surface area contributed by atoms with Crippen LogP contribution in [0.2, 0.25) is 5.02 Å². The van der Waals surface area contributed by atoms with Crippen molar-refractivity contribution in [3.05, 3.63) is 83.0 Å². The van der Waals surface area contributed by atoms with Crippen molar-refractivity contribution in [3.63, 3.8) is 0 Å². The van der Waals surface area contributed by atoms with E-state index in [0.29, 0.717) is 23.8 Å². The monoisotopic (exact) mass is 392 g/mol. The second kappa shape index (κ2) is 7.90. The zero-order valence-electron chi connectivity index (χ0n) is 15.6. The largest absolute Gasteiger partial charge is 0.349 e. The van der Waals surface area contributed by atoms with Gasteiger partial charge in [-0.2, -0.15) is 0 Å². The second-order valence-corrected chi connectivity index (χ2v) is 7.21. The van der Waals surface area contributed by atoms with Crippen molar-refractivity contribution >= 4 is 34.8 Å². The number of hydrogen-bond acceptors (Lipinski definition) is 3. The van der Waals surface area contributed by atoms with Gasteiger partial charge in [-0.25, -0.2) is 9.78 Å². The summed E-state index contributed by atoms with van der Waals surface area (Å²) in [6.07, 6.45) is 1.76. The van der Waals surface area contributed by atoms with Crippen LogP contribution in [-0.4, -0.2) is 24.1 Å². The lowest BCUT2D eigenvalue weighted by molar-refractivity contribution is 0.256. The Kier molecular flexibility index (Phi) is 5.17. The average Bonchev–Trinajstić information content (AvgIpc) is 2.72. The van der Waals surface area contributed by atoms with Crippen molar-refractivity contribution in [2.45, 2.75) is 13.5 Å². The van der Waals surface area contributed by atoms with Crippen LogP contribution in [0, 0.1) is 6.92 Å². The Balaban J connectivity index is 1.55. The molecule has 1 aliphatic heterocycles. The number of aryl methyl sites for hydroxylation is 1. The minimum Gasteiger partial charge on any atom is -0.349 e. The molecule has 1 aliphatic rings. The molecule has 0 saturated carbocycles. The fourth-order valence-corrected chi connectivity index (χ4v) is 3.50. The van der Waals surface area contributed by atoms with Gasteiger partial charge in [0.15, 0.2) is 5.82 Å². The van der Waals surface area contributed by atoms with Crippen molar-refractivity contribution in [2.24, 2.45) is 0 Å². The standard InChI is InChI=1S/C22H21ClN4O/c1-16-9-10-18(14-19(16)23)25-22(28)27-13-12-26(15-17-6-3-2-4-7-17)21-20(27)8-5-11-24-21/h2-11,14H,12-13,15H2,1H3,(H,25,28). The molecule has 4 rings (SSSR count). The molecule has 1 N–H and O–H groups in total. The normalized spacial score (nSPS) is 13.2. The van der Waals surface area contributed by atoms with Crippen LogP contribution in [0.15, 0.2) is 66.9 Å². The number of fused-ring (bicyclic) bond motifs is 1. The summed E-state index contributed by atoms with van der Waals surface area (Å²) < 4.78 is 0. The summed E-state index contributed by atoms with van der Waals surface area (Å²) in [5.74, 6) is 0.815. The first-order valence-corrected chi connectivity index (χ1v) is 9.58. The number of carbonyl (C=O) groups is 1. The lowest BCUT2D eigenvalue weighted by atomic mass is 10.2. The zero-order valence-corrected chi connectivity index (χ0v) is 16.4. The lowest BCUT2D eigenvalue weighted by Gasteiger charge is -2.36. The van der Waals surface area contributed by atoms with Gasteiger partial charge >= 0.3 is 6.03 Å². The van der Waals surface area contributed by atoms with Crippen LogP contribution < -0.4 is 15.1 Å². The van der Waals surface area contributed by atoms with Crippen LogP contribution in [-0.2, 0) is 6.54 Å². The Morgan fingerprint density at radius 2 is 1.93 bits per heavy atom. The number of pyridine rings is 1. The molecule has 0 fully saturated rings. The highest BCUT2D eigenvalue weighted by atomic mass is 35.5. The third-order valence-electron chi connectivity index (χ3n) is 4.83. The fourth-order valence-electron chi connectivity index (χ4n) is 3.32. The van der Waals surface area contributed by atoms with Crippen molar-refractivity contribution in [1.82, 2.24) is 4.98 Å². The summed E-state index contributed by atoms with van der Waals surface area (Å²) in [7, 11) is 0. The van der Waals surface area contributed by atoms with E-state index in [9.17, 15) is 4.79 Å². The molecule has 0 unspecified atom stereocenters. The van der Waals surface area contributed by atoms with Gasteiger partial charge < -0.3 is 10.2 Å². The van der Waals surface area contributed by atoms with Gasteiger partial charge in [-0.1, -0.05) is 48.0 Å². The van der Waals surface area contributed by atoms with Crippen molar-refractivity contribution in [1.29, 1.82) is 0 Å². The first kappa shape index (κ1) is 18.3. The van der Waals surface area contributed by atoms with E-state index in [1.807, 2.05) is 49.4 Å². The van der Waals surface area contributed by atoms with E-state index in [2.05, 4.69) is 27.3 Å². The van der Waals surface area contributed by atoms with E-state index >= 15 is 0 Å². The smallest absolute Gasteiger partial charge is 0.326 e. The quantitative estimate of drug-likeness (QED) is 0.674. The minimum atomic E-state index is -0.187. The van der Waals surface area contributed by atoms with Gasteiger partial charge in [0.25, 0.3) is 0 Å². The van der Waals surface area contributed by atoms with Crippen LogP contribution in [0.3, 0.4) is 0 Å². The predicted octanol–water partition coefficient (Wildman–Crippen LogP) is 5.10. The van der Waals surface area contributed by atoms with Gasteiger partial charge in [-0.15, -0.1) is 0 Å². The maximum absolute atomic E-state index is 12.9.